The van der Waals surface area contributed by atoms with Crippen molar-refractivity contribution in [3.63, 3.8) is 0 Å². The molecular formula is C17H18N2O. The Morgan fingerprint density at radius 1 is 1.10 bits per heavy atom. The van der Waals surface area contributed by atoms with E-state index in [4.69, 9.17) is 0 Å². The molecule has 0 heterocycles. The lowest BCUT2D eigenvalue weighted by Gasteiger charge is -2.05. The van der Waals surface area contributed by atoms with Crippen molar-refractivity contribution in [2.24, 2.45) is 5.10 Å². The second-order valence-electron chi connectivity index (χ2n) is 4.78. The van der Waals surface area contributed by atoms with Crippen LogP contribution in [0.1, 0.15) is 34.3 Å². The molecule has 2 rings (SSSR count). The Bertz CT molecular complexity index is 588. The minimum Gasteiger partial charge on any atom is -0.267 e. The van der Waals surface area contributed by atoms with E-state index < -0.39 is 0 Å². The Kier molecular flexibility index (Phi) is 4.66. The van der Waals surface area contributed by atoms with Gasteiger partial charge in [0.2, 0.25) is 0 Å². The molecule has 1 amide bonds. The normalized spacial score (nSPS) is 12.3. The first-order valence-corrected chi connectivity index (χ1v) is 6.62. The number of benzene rings is 2. The summed E-state index contributed by atoms with van der Waals surface area (Å²) in [5, 5.41) is 4.02. The highest BCUT2D eigenvalue weighted by molar-refractivity contribution is 5.94. The third-order valence-electron chi connectivity index (χ3n) is 3.10. The Morgan fingerprint density at radius 3 is 2.40 bits per heavy atom. The summed E-state index contributed by atoms with van der Waals surface area (Å²) in [6.45, 7) is 4.03. The van der Waals surface area contributed by atoms with Gasteiger partial charge in [-0.2, -0.15) is 5.10 Å². The Balaban J connectivity index is 1.93. The van der Waals surface area contributed by atoms with Crippen molar-refractivity contribution in [2.75, 3.05) is 0 Å². The number of carbonyl (C=O) groups excluding carboxylic acids is 1. The lowest BCUT2D eigenvalue weighted by Crippen LogP contribution is -2.18. The molecule has 1 atom stereocenters. The lowest BCUT2D eigenvalue weighted by molar-refractivity contribution is 0.0955. The van der Waals surface area contributed by atoms with Gasteiger partial charge in [-0.15, -0.1) is 0 Å². The highest BCUT2D eigenvalue weighted by Gasteiger charge is 2.04. The number of hydrazone groups is 1. The molecule has 0 saturated carbocycles. The highest BCUT2D eigenvalue weighted by atomic mass is 16.2. The highest BCUT2D eigenvalue weighted by Crippen LogP contribution is 2.11. The van der Waals surface area contributed by atoms with Crippen LogP contribution in [-0.2, 0) is 0 Å². The summed E-state index contributed by atoms with van der Waals surface area (Å²) < 4.78 is 0. The van der Waals surface area contributed by atoms with Crippen LogP contribution in [0.4, 0.5) is 0 Å². The van der Waals surface area contributed by atoms with Gasteiger partial charge in [0.05, 0.1) is 0 Å². The van der Waals surface area contributed by atoms with Crippen LogP contribution >= 0.6 is 0 Å². The van der Waals surface area contributed by atoms with Gasteiger partial charge in [0, 0.05) is 17.7 Å². The first-order valence-electron chi connectivity index (χ1n) is 6.62. The summed E-state index contributed by atoms with van der Waals surface area (Å²) in [6, 6.07) is 17.4. The van der Waals surface area contributed by atoms with Gasteiger partial charge in [0.25, 0.3) is 5.91 Å². The molecule has 1 N–H and O–H groups in total. The van der Waals surface area contributed by atoms with E-state index in [9.17, 15) is 4.79 Å². The van der Waals surface area contributed by atoms with Gasteiger partial charge in [0.15, 0.2) is 0 Å². The minimum atomic E-state index is -0.193. The zero-order chi connectivity index (χ0) is 14.4. The first-order chi connectivity index (χ1) is 9.66. The monoisotopic (exact) mass is 266 g/mol. The largest absolute Gasteiger partial charge is 0.271 e. The van der Waals surface area contributed by atoms with Gasteiger partial charge < -0.3 is 0 Å². The van der Waals surface area contributed by atoms with Crippen LogP contribution in [0.15, 0.2) is 59.7 Å². The van der Waals surface area contributed by atoms with Crippen molar-refractivity contribution in [1.29, 1.82) is 0 Å². The zero-order valence-corrected chi connectivity index (χ0v) is 11.7. The number of nitrogens with zero attached hydrogens (tertiary/aromatic N) is 1. The van der Waals surface area contributed by atoms with Gasteiger partial charge >= 0.3 is 0 Å². The fourth-order valence-electron chi connectivity index (χ4n) is 1.82. The lowest BCUT2D eigenvalue weighted by atomic mass is 10.0. The number of hydrogen-bond acceptors (Lipinski definition) is 2. The average Bonchev–Trinajstić information content (AvgIpc) is 2.48. The van der Waals surface area contributed by atoms with Crippen LogP contribution in [-0.4, -0.2) is 12.1 Å². The molecule has 0 spiro atoms. The van der Waals surface area contributed by atoms with E-state index >= 15 is 0 Å². The molecule has 0 saturated heterocycles. The number of rotatable bonds is 4. The molecule has 2 aromatic carbocycles. The molecule has 2 aromatic rings. The predicted octanol–water partition coefficient (Wildman–Crippen LogP) is 3.51. The molecule has 0 aliphatic carbocycles. The number of nitrogens with one attached hydrogen (secondary N) is 1. The molecule has 0 aliphatic heterocycles. The summed E-state index contributed by atoms with van der Waals surface area (Å²) in [4.78, 5) is 11.8. The molecule has 0 radical (unpaired) electrons. The molecule has 1 unspecified atom stereocenters. The maximum Gasteiger partial charge on any atom is 0.271 e. The second kappa shape index (κ2) is 6.66. The van der Waals surface area contributed by atoms with E-state index in [2.05, 4.69) is 10.5 Å². The van der Waals surface area contributed by atoms with E-state index in [1.165, 1.54) is 5.56 Å². The topological polar surface area (TPSA) is 41.5 Å². The molecule has 0 bridgehead atoms. The van der Waals surface area contributed by atoms with Gasteiger partial charge in [-0.1, -0.05) is 55.0 Å². The van der Waals surface area contributed by atoms with E-state index in [1.807, 2.05) is 56.3 Å². The van der Waals surface area contributed by atoms with Crippen molar-refractivity contribution in [3.05, 3.63) is 71.3 Å². The van der Waals surface area contributed by atoms with E-state index in [0.717, 1.165) is 5.56 Å². The van der Waals surface area contributed by atoms with Crippen molar-refractivity contribution in [3.8, 4) is 0 Å². The zero-order valence-electron chi connectivity index (χ0n) is 11.7. The third kappa shape index (κ3) is 3.79. The molecule has 3 heteroatoms. The van der Waals surface area contributed by atoms with Crippen molar-refractivity contribution < 1.29 is 4.79 Å². The smallest absolute Gasteiger partial charge is 0.267 e. The van der Waals surface area contributed by atoms with E-state index in [1.54, 1.807) is 18.3 Å². The first kappa shape index (κ1) is 14.0. The minimum absolute atomic E-state index is 0.162. The maximum atomic E-state index is 11.8. The molecular weight excluding hydrogens is 248 g/mol. The van der Waals surface area contributed by atoms with Crippen molar-refractivity contribution in [1.82, 2.24) is 5.43 Å². The predicted molar refractivity (Wildman–Crippen MR) is 82.0 cm³/mol. The fourth-order valence-corrected chi connectivity index (χ4v) is 1.82. The summed E-state index contributed by atoms with van der Waals surface area (Å²) in [7, 11) is 0. The van der Waals surface area contributed by atoms with E-state index in [0.29, 0.717) is 5.56 Å². The number of carbonyl (C=O) groups is 1. The number of aryl methyl sites for hydroxylation is 1. The molecule has 0 aromatic heterocycles. The summed E-state index contributed by atoms with van der Waals surface area (Å²) in [6.07, 6.45) is 1.74. The van der Waals surface area contributed by atoms with Crippen molar-refractivity contribution >= 4 is 12.1 Å². The van der Waals surface area contributed by atoms with Crippen LogP contribution < -0.4 is 5.43 Å². The second-order valence-corrected chi connectivity index (χ2v) is 4.78. The van der Waals surface area contributed by atoms with Crippen molar-refractivity contribution in [2.45, 2.75) is 19.8 Å². The quantitative estimate of drug-likeness (QED) is 0.667. The number of amides is 1. The SMILES string of the molecule is Cc1ccc(C(=O)N/N=C/C(C)c2ccccc2)cc1. The maximum absolute atomic E-state index is 11.8. The van der Waals surface area contributed by atoms with Gasteiger partial charge in [-0.25, -0.2) is 5.43 Å². The molecule has 0 aliphatic rings. The van der Waals surface area contributed by atoms with Crippen LogP contribution in [0.3, 0.4) is 0 Å². The average molecular weight is 266 g/mol. The number of hydrogen-bond donors (Lipinski definition) is 1. The Labute approximate surface area is 119 Å². The molecule has 3 nitrogen and oxygen atoms in total. The molecule has 0 fully saturated rings. The van der Waals surface area contributed by atoms with Gasteiger partial charge in [-0.05, 0) is 24.6 Å². The summed E-state index contributed by atoms with van der Waals surface area (Å²) in [5.74, 6) is -0.0315. The third-order valence-corrected chi connectivity index (χ3v) is 3.10. The van der Waals surface area contributed by atoms with Gasteiger partial charge in [0.1, 0.15) is 0 Å². The standard InChI is InChI=1S/C17H18N2O/c1-13-8-10-16(11-9-13)17(20)19-18-12-14(2)15-6-4-3-5-7-15/h3-12,14H,1-2H3,(H,19,20)/b18-12+. The fraction of sp³-hybridized carbons (Fsp3) is 0.176. The molecule has 20 heavy (non-hydrogen) atoms. The Hall–Kier alpha value is -2.42. The van der Waals surface area contributed by atoms with Crippen LogP contribution in [0.5, 0.6) is 0 Å². The van der Waals surface area contributed by atoms with Crippen LogP contribution in [0.25, 0.3) is 0 Å². The summed E-state index contributed by atoms with van der Waals surface area (Å²) >= 11 is 0. The Morgan fingerprint density at radius 2 is 1.75 bits per heavy atom. The van der Waals surface area contributed by atoms with Gasteiger partial charge in [-0.3, -0.25) is 4.79 Å². The van der Waals surface area contributed by atoms with Crippen LogP contribution in [0, 0.1) is 6.92 Å². The van der Waals surface area contributed by atoms with E-state index in [-0.39, 0.29) is 11.8 Å². The summed E-state index contributed by atoms with van der Waals surface area (Å²) in [5.41, 5.74) is 5.46. The molecule has 102 valence electrons. The van der Waals surface area contributed by atoms with Crippen LogP contribution in [0.2, 0.25) is 0 Å².